The summed E-state index contributed by atoms with van der Waals surface area (Å²) in [6.45, 7) is 0.820. The van der Waals surface area contributed by atoms with Crippen LogP contribution in [0.5, 0.6) is 0 Å². The molecule has 0 fully saturated rings. The van der Waals surface area contributed by atoms with Crippen molar-refractivity contribution in [3.63, 3.8) is 0 Å². The maximum atomic E-state index is 12.8. The molecule has 0 saturated heterocycles. The molecule has 2 atom stereocenters. The van der Waals surface area contributed by atoms with E-state index in [1.807, 2.05) is 0 Å². The summed E-state index contributed by atoms with van der Waals surface area (Å²) in [6, 6.07) is 5.05. The molecule has 1 amide bonds. The first kappa shape index (κ1) is 14.8. The Labute approximate surface area is 103 Å². The van der Waals surface area contributed by atoms with E-state index >= 15 is 0 Å². The highest BCUT2D eigenvalue weighted by atomic mass is 31.2. The van der Waals surface area contributed by atoms with Gasteiger partial charge in [-0.3, -0.25) is 19.9 Å². The van der Waals surface area contributed by atoms with E-state index in [2.05, 4.69) is 5.32 Å². The van der Waals surface area contributed by atoms with Gasteiger partial charge in [-0.15, -0.1) is 0 Å². The van der Waals surface area contributed by atoms with E-state index in [1.54, 1.807) is 0 Å². The molecule has 0 heterocycles. The van der Waals surface area contributed by atoms with Gasteiger partial charge in [-0.2, -0.15) is 0 Å². The molecule has 3 N–H and O–H groups in total. The predicted molar refractivity (Wildman–Crippen MR) is 62.6 cm³/mol. The number of nitrogens with one attached hydrogen (secondary N) is 1. The van der Waals surface area contributed by atoms with Gasteiger partial charge in [-0.25, -0.2) is 9.45 Å². The van der Waals surface area contributed by atoms with Crippen molar-refractivity contribution >= 4 is 13.8 Å². The van der Waals surface area contributed by atoms with Gasteiger partial charge in [0.2, 0.25) is 13.8 Å². The minimum atomic E-state index is -3.57. The van der Waals surface area contributed by atoms with Crippen LogP contribution in [0.15, 0.2) is 24.3 Å². The average molecular weight is 276 g/mol. The van der Waals surface area contributed by atoms with Gasteiger partial charge in [-0.05, 0) is 17.7 Å². The topological polar surface area (TPSA) is 89.9 Å². The van der Waals surface area contributed by atoms with Gasteiger partial charge in [0.05, 0.1) is 6.67 Å². The fraction of sp³-hybridized carbons (Fsp3) is 0.300. The molecule has 1 aromatic rings. The van der Waals surface area contributed by atoms with Crippen LogP contribution in [-0.2, 0) is 9.36 Å². The third-order valence-electron chi connectivity index (χ3n) is 2.23. The summed E-state index contributed by atoms with van der Waals surface area (Å²) in [5, 5.41) is 11.8. The second-order valence-corrected chi connectivity index (χ2v) is 6.21. The molecule has 0 radical (unpaired) electrons. The predicted octanol–water partition coefficient (Wildman–Crippen LogP) is 1.12. The Balaban J connectivity index is 2.89. The van der Waals surface area contributed by atoms with Gasteiger partial charge >= 0.3 is 0 Å². The minimum Gasteiger partial charge on any atom is -0.343 e. The van der Waals surface area contributed by atoms with E-state index in [-0.39, 0.29) is 13.1 Å². The van der Waals surface area contributed by atoms with Gasteiger partial charge in [0, 0.05) is 6.66 Å². The van der Waals surface area contributed by atoms with Crippen molar-refractivity contribution in [3.8, 4) is 0 Å². The Bertz CT molecular complexity index is 448. The van der Waals surface area contributed by atoms with Crippen LogP contribution in [0.1, 0.15) is 11.3 Å². The molecule has 1 rings (SSSR count). The van der Waals surface area contributed by atoms with Crippen molar-refractivity contribution < 1.29 is 23.9 Å². The Kier molecular flexibility index (Phi) is 4.98. The van der Waals surface area contributed by atoms with Crippen molar-refractivity contribution in [2.75, 3.05) is 13.3 Å². The average Bonchev–Trinajstić information content (AvgIpc) is 2.29. The molecule has 0 aliphatic heterocycles. The molecule has 2 unspecified atom stereocenters. The Morgan fingerprint density at radius 2 is 2.06 bits per heavy atom. The number of amides is 1. The van der Waals surface area contributed by atoms with E-state index in [9.17, 15) is 18.6 Å². The lowest BCUT2D eigenvalue weighted by molar-refractivity contribution is -0.151. The molecule has 0 saturated carbocycles. The number of carbonyl (C=O) groups excluding carboxylic acids is 1. The summed E-state index contributed by atoms with van der Waals surface area (Å²) in [6.07, 6.45) is 0.159. The van der Waals surface area contributed by atoms with E-state index < -0.39 is 19.0 Å². The van der Waals surface area contributed by atoms with E-state index in [0.29, 0.717) is 10.6 Å². The lowest BCUT2D eigenvalue weighted by Crippen LogP contribution is -2.33. The van der Waals surface area contributed by atoms with Crippen LogP contribution in [0.25, 0.3) is 0 Å². The van der Waals surface area contributed by atoms with Crippen molar-refractivity contribution in [2.24, 2.45) is 0 Å². The lowest BCUT2D eigenvalue weighted by Gasteiger charge is -2.23. The molecule has 6 nitrogen and oxygen atoms in total. The number of rotatable bonds is 6. The van der Waals surface area contributed by atoms with E-state index in [1.165, 1.54) is 12.1 Å². The number of nitrogens with zero attached hydrogens (tertiary/aromatic N) is 1. The molecular weight excluding hydrogens is 262 g/mol. The monoisotopic (exact) mass is 276 g/mol. The van der Waals surface area contributed by atoms with Crippen LogP contribution in [0, 0.1) is 5.82 Å². The maximum absolute atomic E-state index is 12.8. The first-order valence-corrected chi connectivity index (χ1v) is 7.22. The van der Waals surface area contributed by atoms with Crippen molar-refractivity contribution in [1.29, 1.82) is 0 Å². The number of hydrogen-bond acceptors (Lipinski definition) is 4. The van der Waals surface area contributed by atoms with Gasteiger partial charge in [0.1, 0.15) is 11.6 Å². The summed E-state index contributed by atoms with van der Waals surface area (Å²) < 4.78 is 24.5. The Morgan fingerprint density at radius 1 is 1.50 bits per heavy atom. The molecule has 0 aliphatic carbocycles. The van der Waals surface area contributed by atoms with E-state index in [4.69, 9.17) is 5.21 Å². The Morgan fingerprint density at radius 3 is 2.50 bits per heavy atom. The van der Waals surface area contributed by atoms with Crippen LogP contribution < -0.4 is 5.32 Å². The zero-order valence-corrected chi connectivity index (χ0v) is 10.5. The van der Waals surface area contributed by atoms with Crippen molar-refractivity contribution in [2.45, 2.75) is 5.78 Å². The fourth-order valence-electron chi connectivity index (χ4n) is 1.43. The Hall–Kier alpha value is -1.27. The summed E-state index contributed by atoms with van der Waals surface area (Å²) in [7, 11) is -3.57. The summed E-state index contributed by atoms with van der Waals surface area (Å²) in [4.78, 5) is 19.8. The smallest absolute Gasteiger partial charge is 0.234 e. The molecule has 0 aliphatic rings. The molecule has 100 valence electrons. The summed E-state index contributed by atoms with van der Waals surface area (Å²) >= 11 is 0. The number of halogens is 1. The molecule has 8 heteroatoms. The van der Waals surface area contributed by atoms with E-state index in [0.717, 1.165) is 18.8 Å². The van der Waals surface area contributed by atoms with Gasteiger partial charge in [0.15, 0.2) is 0 Å². The second kappa shape index (κ2) is 6.06. The highest BCUT2D eigenvalue weighted by Crippen LogP contribution is 2.50. The molecule has 0 bridgehead atoms. The minimum absolute atomic E-state index is 0.159. The first-order chi connectivity index (χ1) is 8.34. The largest absolute Gasteiger partial charge is 0.343 e. The third kappa shape index (κ3) is 4.19. The van der Waals surface area contributed by atoms with Crippen LogP contribution in [-0.4, -0.2) is 34.9 Å². The normalized spacial score (nSPS) is 15.8. The standard InChI is InChI=1S/C10H14FN2O4P/c1-18(16,17)10(12-6-13(15)7-14)8-2-4-9(11)5-3-8/h2-5,7,10,12,15H,6H2,1H3,(H,16,17). The SMILES string of the molecule is CP(=O)(O)C(NCN(O)C=O)c1ccc(F)cc1. The van der Waals surface area contributed by atoms with Crippen molar-refractivity contribution in [1.82, 2.24) is 10.4 Å². The van der Waals surface area contributed by atoms with Gasteiger partial charge in [-0.1, -0.05) is 12.1 Å². The number of carbonyl (C=O) groups is 1. The highest BCUT2D eigenvalue weighted by Gasteiger charge is 2.27. The maximum Gasteiger partial charge on any atom is 0.234 e. The zero-order chi connectivity index (χ0) is 13.8. The molecular formula is C10H14FN2O4P. The third-order valence-corrected chi connectivity index (χ3v) is 3.67. The lowest BCUT2D eigenvalue weighted by atomic mass is 10.2. The number of hydrogen-bond donors (Lipinski definition) is 3. The van der Waals surface area contributed by atoms with Crippen molar-refractivity contribution in [3.05, 3.63) is 35.6 Å². The summed E-state index contributed by atoms with van der Waals surface area (Å²) in [5.41, 5.74) is 0.393. The molecule has 18 heavy (non-hydrogen) atoms. The van der Waals surface area contributed by atoms with Gasteiger partial charge < -0.3 is 4.89 Å². The summed E-state index contributed by atoms with van der Waals surface area (Å²) in [5.74, 6) is -1.45. The van der Waals surface area contributed by atoms with Crippen LogP contribution >= 0.6 is 7.37 Å². The van der Waals surface area contributed by atoms with Crippen LogP contribution in [0.4, 0.5) is 4.39 Å². The van der Waals surface area contributed by atoms with Gasteiger partial charge in [0.25, 0.3) is 0 Å². The first-order valence-electron chi connectivity index (χ1n) is 5.04. The molecule has 0 aromatic heterocycles. The van der Waals surface area contributed by atoms with Crippen LogP contribution in [0.2, 0.25) is 0 Å². The number of hydroxylamine groups is 2. The second-order valence-electron chi connectivity index (χ2n) is 3.80. The van der Waals surface area contributed by atoms with Crippen LogP contribution in [0.3, 0.4) is 0 Å². The molecule has 0 spiro atoms. The quantitative estimate of drug-likeness (QED) is 0.238. The molecule has 1 aromatic carbocycles. The fourth-order valence-corrected chi connectivity index (χ4v) is 2.57. The number of benzene rings is 1. The highest BCUT2D eigenvalue weighted by molar-refractivity contribution is 7.57. The zero-order valence-electron chi connectivity index (χ0n) is 9.65.